The third-order valence-electron chi connectivity index (χ3n) is 3.19. The Labute approximate surface area is 146 Å². The highest BCUT2D eigenvalue weighted by molar-refractivity contribution is 8.00. The fraction of sp³-hybridized carbons (Fsp3) is 0.211. The van der Waals surface area contributed by atoms with Crippen molar-refractivity contribution in [3.05, 3.63) is 60.2 Å². The van der Waals surface area contributed by atoms with Crippen LogP contribution in [0.1, 0.15) is 5.56 Å². The van der Waals surface area contributed by atoms with Gasteiger partial charge >= 0.3 is 0 Å². The summed E-state index contributed by atoms with van der Waals surface area (Å²) in [6, 6.07) is 15.4. The molecule has 0 saturated carbocycles. The van der Waals surface area contributed by atoms with E-state index in [9.17, 15) is 4.79 Å². The van der Waals surface area contributed by atoms with Gasteiger partial charge in [0.05, 0.1) is 20.0 Å². The molecule has 0 heterocycles. The van der Waals surface area contributed by atoms with E-state index in [1.54, 1.807) is 44.2 Å². The van der Waals surface area contributed by atoms with Crippen molar-refractivity contribution in [2.45, 2.75) is 0 Å². The van der Waals surface area contributed by atoms with Gasteiger partial charge in [0, 0.05) is 29.6 Å². The standard InChI is InChI=1S/C19H21NO3S/c1-22-17-11-16(12-18(13-17)23-2)20-19(21)14-24-10-6-9-15-7-4-3-5-8-15/h3-9,11-13H,10,14H2,1-2H3,(H,20,21)/b9-6+. The Bertz CT molecular complexity index is 664. The summed E-state index contributed by atoms with van der Waals surface area (Å²) in [6.45, 7) is 0. The van der Waals surface area contributed by atoms with Crippen LogP contribution in [0, 0.1) is 0 Å². The maximum Gasteiger partial charge on any atom is 0.234 e. The first-order valence-corrected chi connectivity index (χ1v) is 8.69. The predicted octanol–water partition coefficient (Wildman–Crippen LogP) is 4.09. The van der Waals surface area contributed by atoms with Gasteiger partial charge in [-0.3, -0.25) is 4.79 Å². The lowest BCUT2D eigenvalue weighted by molar-refractivity contribution is -0.113. The molecule has 0 saturated heterocycles. The molecule has 0 aromatic heterocycles. The van der Waals surface area contributed by atoms with E-state index in [1.807, 2.05) is 30.3 Å². The van der Waals surface area contributed by atoms with Gasteiger partial charge in [0.2, 0.25) is 5.91 Å². The van der Waals surface area contributed by atoms with E-state index in [2.05, 4.69) is 17.5 Å². The molecule has 0 fully saturated rings. The fourth-order valence-electron chi connectivity index (χ4n) is 2.04. The van der Waals surface area contributed by atoms with Crippen molar-refractivity contribution in [1.82, 2.24) is 0 Å². The van der Waals surface area contributed by atoms with Crippen LogP contribution in [0.3, 0.4) is 0 Å². The second-order valence-electron chi connectivity index (χ2n) is 4.98. The predicted molar refractivity (Wildman–Crippen MR) is 101 cm³/mol. The summed E-state index contributed by atoms with van der Waals surface area (Å²) in [4.78, 5) is 12.0. The summed E-state index contributed by atoms with van der Waals surface area (Å²) in [7, 11) is 3.16. The summed E-state index contributed by atoms with van der Waals surface area (Å²) >= 11 is 1.56. The van der Waals surface area contributed by atoms with Gasteiger partial charge < -0.3 is 14.8 Å². The van der Waals surface area contributed by atoms with Gasteiger partial charge in [-0.25, -0.2) is 0 Å². The van der Waals surface area contributed by atoms with Crippen molar-refractivity contribution >= 4 is 29.4 Å². The number of nitrogens with one attached hydrogen (secondary N) is 1. The molecule has 1 amide bonds. The number of methoxy groups -OCH3 is 2. The molecule has 0 spiro atoms. The van der Waals surface area contributed by atoms with Crippen molar-refractivity contribution in [2.75, 3.05) is 31.0 Å². The summed E-state index contributed by atoms with van der Waals surface area (Å²) in [5.74, 6) is 2.40. The zero-order valence-corrected chi connectivity index (χ0v) is 14.6. The molecule has 126 valence electrons. The van der Waals surface area contributed by atoms with Gasteiger partial charge in [0.1, 0.15) is 11.5 Å². The van der Waals surface area contributed by atoms with Crippen molar-refractivity contribution in [3.8, 4) is 11.5 Å². The normalized spacial score (nSPS) is 10.6. The molecule has 2 rings (SSSR count). The van der Waals surface area contributed by atoms with Gasteiger partial charge in [-0.2, -0.15) is 0 Å². The molecular formula is C19H21NO3S. The van der Waals surface area contributed by atoms with Crippen molar-refractivity contribution in [3.63, 3.8) is 0 Å². The molecule has 24 heavy (non-hydrogen) atoms. The van der Waals surface area contributed by atoms with Gasteiger partial charge in [0.15, 0.2) is 0 Å². The van der Waals surface area contributed by atoms with E-state index in [0.717, 1.165) is 11.3 Å². The minimum absolute atomic E-state index is 0.0524. The van der Waals surface area contributed by atoms with E-state index in [4.69, 9.17) is 9.47 Å². The highest BCUT2D eigenvalue weighted by atomic mass is 32.2. The lowest BCUT2D eigenvalue weighted by Gasteiger charge is -2.09. The number of thioether (sulfide) groups is 1. The number of benzene rings is 2. The average molecular weight is 343 g/mol. The number of carbonyl (C=O) groups is 1. The van der Waals surface area contributed by atoms with Crippen LogP contribution in [0.5, 0.6) is 11.5 Å². The van der Waals surface area contributed by atoms with Crippen LogP contribution in [0.4, 0.5) is 5.69 Å². The number of carbonyl (C=O) groups excluding carboxylic acids is 1. The monoisotopic (exact) mass is 343 g/mol. The molecule has 2 aromatic carbocycles. The Morgan fingerprint density at radius 1 is 1.08 bits per heavy atom. The quantitative estimate of drug-likeness (QED) is 0.734. The lowest BCUT2D eigenvalue weighted by Crippen LogP contribution is -2.14. The Hall–Kier alpha value is -2.40. The van der Waals surface area contributed by atoms with Crippen LogP contribution in [-0.4, -0.2) is 31.6 Å². The first-order chi connectivity index (χ1) is 11.7. The summed E-state index contributed by atoms with van der Waals surface area (Å²) < 4.78 is 10.4. The number of hydrogen-bond donors (Lipinski definition) is 1. The Morgan fingerprint density at radius 2 is 1.75 bits per heavy atom. The van der Waals surface area contributed by atoms with Crippen molar-refractivity contribution in [1.29, 1.82) is 0 Å². The minimum Gasteiger partial charge on any atom is -0.497 e. The smallest absolute Gasteiger partial charge is 0.234 e. The van der Waals surface area contributed by atoms with Crippen LogP contribution in [-0.2, 0) is 4.79 Å². The molecule has 4 nitrogen and oxygen atoms in total. The topological polar surface area (TPSA) is 47.6 Å². The summed E-state index contributed by atoms with van der Waals surface area (Å²) in [5, 5.41) is 2.86. The van der Waals surface area contributed by atoms with Crippen molar-refractivity contribution < 1.29 is 14.3 Å². The Balaban J connectivity index is 1.78. The van der Waals surface area contributed by atoms with E-state index in [-0.39, 0.29) is 5.91 Å². The van der Waals surface area contributed by atoms with E-state index >= 15 is 0 Å². The second-order valence-corrected chi connectivity index (χ2v) is 6.01. The molecular weight excluding hydrogens is 322 g/mol. The molecule has 0 atom stereocenters. The van der Waals surface area contributed by atoms with Crippen LogP contribution < -0.4 is 14.8 Å². The van der Waals surface area contributed by atoms with Crippen LogP contribution in [0.2, 0.25) is 0 Å². The van der Waals surface area contributed by atoms with E-state index in [0.29, 0.717) is 22.9 Å². The minimum atomic E-state index is -0.0524. The molecule has 5 heteroatoms. The molecule has 0 aliphatic carbocycles. The third-order valence-corrected chi connectivity index (χ3v) is 4.09. The summed E-state index contributed by atoms with van der Waals surface area (Å²) in [5.41, 5.74) is 1.82. The number of hydrogen-bond acceptors (Lipinski definition) is 4. The Kier molecular flexibility index (Phi) is 7.23. The zero-order valence-electron chi connectivity index (χ0n) is 13.8. The first kappa shape index (κ1) is 17.9. The number of amides is 1. The zero-order chi connectivity index (χ0) is 17.2. The van der Waals surface area contributed by atoms with Gasteiger partial charge in [-0.05, 0) is 5.56 Å². The van der Waals surface area contributed by atoms with E-state index in [1.165, 1.54) is 0 Å². The first-order valence-electron chi connectivity index (χ1n) is 7.53. The Morgan fingerprint density at radius 3 is 2.38 bits per heavy atom. The van der Waals surface area contributed by atoms with Crippen LogP contribution in [0.15, 0.2) is 54.6 Å². The average Bonchev–Trinajstić information content (AvgIpc) is 2.61. The number of anilines is 1. The molecule has 0 aliphatic heterocycles. The molecule has 0 radical (unpaired) electrons. The van der Waals surface area contributed by atoms with Crippen LogP contribution in [0.25, 0.3) is 6.08 Å². The molecule has 0 bridgehead atoms. The SMILES string of the molecule is COc1cc(NC(=O)CSC/C=C/c2ccccc2)cc(OC)c1. The lowest BCUT2D eigenvalue weighted by atomic mass is 10.2. The van der Waals surface area contributed by atoms with E-state index < -0.39 is 0 Å². The molecule has 2 aromatic rings. The van der Waals surface area contributed by atoms with Gasteiger partial charge in [-0.1, -0.05) is 42.5 Å². The largest absolute Gasteiger partial charge is 0.497 e. The van der Waals surface area contributed by atoms with Crippen molar-refractivity contribution in [2.24, 2.45) is 0 Å². The van der Waals surface area contributed by atoms with Gasteiger partial charge in [0.25, 0.3) is 0 Å². The molecule has 1 N–H and O–H groups in total. The highest BCUT2D eigenvalue weighted by Gasteiger charge is 2.06. The third kappa shape index (κ3) is 6.01. The maximum absolute atomic E-state index is 12.0. The van der Waals surface area contributed by atoms with Crippen LogP contribution >= 0.6 is 11.8 Å². The molecule has 0 unspecified atom stereocenters. The van der Waals surface area contributed by atoms with Gasteiger partial charge in [-0.15, -0.1) is 11.8 Å². The number of rotatable bonds is 8. The maximum atomic E-state index is 12.0. The summed E-state index contributed by atoms with van der Waals surface area (Å²) in [6.07, 6.45) is 4.11. The highest BCUT2D eigenvalue weighted by Crippen LogP contribution is 2.25. The fourth-order valence-corrected chi connectivity index (χ4v) is 2.65. The number of ether oxygens (including phenoxy) is 2. The molecule has 0 aliphatic rings. The second kappa shape index (κ2) is 9.67.